The number of hydrogen-bond acceptors (Lipinski definition) is 4. The summed E-state index contributed by atoms with van der Waals surface area (Å²) >= 11 is 1.60. The molecule has 74 valence electrons. The minimum atomic E-state index is -0.705. The summed E-state index contributed by atoms with van der Waals surface area (Å²) < 4.78 is 0. The standard InChI is InChI=1S/C9H16N2OS/c1-6(2)8-11-7(4-13-8)9(3,10)5-12/h4,6,12H,5,10H2,1-3H3. The summed E-state index contributed by atoms with van der Waals surface area (Å²) in [4.78, 5) is 4.39. The number of hydrogen-bond donors (Lipinski definition) is 2. The Morgan fingerprint density at radius 2 is 2.31 bits per heavy atom. The van der Waals surface area contributed by atoms with Gasteiger partial charge in [-0.1, -0.05) is 13.8 Å². The summed E-state index contributed by atoms with van der Waals surface area (Å²) in [6.45, 7) is 5.89. The molecule has 3 nitrogen and oxygen atoms in total. The Kier molecular flexibility index (Phi) is 3.05. The highest BCUT2D eigenvalue weighted by Crippen LogP contribution is 2.24. The van der Waals surface area contributed by atoms with E-state index in [9.17, 15) is 0 Å². The van der Waals surface area contributed by atoms with E-state index in [-0.39, 0.29) is 6.61 Å². The van der Waals surface area contributed by atoms with Crippen molar-refractivity contribution in [3.8, 4) is 0 Å². The van der Waals surface area contributed by atoms with Crippen LogP contribution in [0.3, 0.4) is 0 Å². The van der Waals surface area contributed by atoms with Crippen LogP contribution in [0.25, 0.3) is 0 Å². The van der Waals surface area contributed by atoms with E-state index in [4.69, 9.17) is 10.8 Å². The van der Waals surface area contributed by atoms with Gasteiger partial charge in [-0.05, 0) is 6.92 Å². The molecule has 0 bridgehead atoms. The van der Waals surface area contributed by atoms with Gasteiger partial charge in [0.15, 0.2) is 0 Å². The second kappa shape index (κ2) is 3.74. The first-order valence-electron chi connectivity index (χ1n) is 4.33. The van der Waals surface area contributed by atoms with Gasteiger partial charge in [-0.15, -0.1) is 11.3 Å². The first kappa shape index (κ1) is 10.6. The number of thiazole rings is 1. The van der Waals surface area contributed by atoms with E-state index in [1.165, 1.54) is 0 Å². The highest BCUT2D eigenvalue weighted by Gasteiger charge is 2.23. The van der Waals surface area contributed by atoms with E-state index < -0.39 is 5.54 Å². The summed E-state index contributed by atoms with van der Waals surface area (Å²) in [5, 5.41) is 12.0. The predicted molar refractivity (Wildman–Crippen MR) is 54.8 cm³/mol. The zero-order valence-corrected chi connectivity index (χ0v) is 9.06. The van der Waals surface area contributed by atoms with Gasteiger partial charge in [-0.25, -0.2) is 4.98 Å². The molecule has 0 saturated heterocycles. The van der Waals surface area contributed by atoms with Crippen LogP contribution < -0.4 is 5.73 Å². The van der Waals surface area contributed by atoms with Crippen LogP contribution in [0.2, 0.25) is 0 Å². The number of nitrogens with two attached hydrogens (primary N) is 1. The van der Waals surface area contributed by atoms with E-state index in [1.54, 1.807) is 18.3 Å². The molecule has 13 heavy (non-hydrogen) atoms. The molecule has 0 amide bonds. The van der Waals surface area contributed by atoms with Crippen LogP contribution in [0.15, 0.2) is 5.38 Å². The van der Waals surface area contributed by atoms with Crippen LogP contribution in [0, 0.1) is 0 Å². The van der Waals surface area contributed by atoms with Crippen molar-refractivity contribution in [1.82, 2.24) is 4.98 Å². The maximum absolute atomic E-state index is 9.03. The highest BCUT2D eigenvalue weighted by atomic mass is 32.1. The van der Waals surface area contributed by atoms with Gasteiger partial charge in [0.05, 0.1) is 22.8 Å². The molecule has 0 spiro atoms. The summed E-state index contributed by atoms with van der Waals surface area (Å²) in [6, 6.07) is 0. The third kappa shape index (κ3) is 2.27. The molecule has 1 aromatic heterocycles. The fourth-order valence-corrected chi connectivity index (χ4v) is 1.87. The Bertz CT molecular complexity index is 281. The zero-order chi connectivity index (χ0) is 10.1. The van der Waals surface area contributed by atoms with E-state index >= 15 is 0 Å². The average molecular weight is 200 g/mol. The van der Waals surface area contributed by atoms with Crippen LogP contribution in [0.1, 0.15) is 37.4 Å². The van der Waals surface area contributed by atoms with Crippen molar-refractivity contribution in [3.05, 3.63) is 16.1 Å². The number of rotatable bonds is 3. The monoisotopic (exact) mass is 200 g/mol. The van der Waals surface area contributed by atoms with E-state index in [2.05, 4.69) is 18.8 Å². The molecule has 0 aliphatic heterocycles. The molecule has 1 unspecified atom stereocenters. The van der Waals surface area contributed by atoms with Crippen molar-refractivity contribution in [2.24, 2.45) is 5.73 Å². The van der Waals surface area contributed by atoms with Gasteiger partial charge in [-0.3, -0.25) is 0 Å². The Morgan fingerprint density at radius 3 is 2.69 bits per heavy atom. The first-order valence-corrected chi connectivity index (χ1v) is 5.21. The number of aliphatic hydroxyl groups excluding tert-OH is 1. The van der Waals surface area contributed by atoms with Crippen molar-refractivity contribution in [2.45, 2.75) is 32.2 Å². The molecule has 0 saturated carbocycles. The lowest BCUT2D eigenvalue weighted by atomic mass is 10.0. The molecule has 0 aromatic carbocycles. The summed E-state index contributed by atoms with van der Waals surface area (Å²) in [7, 11) is 0. The SMILES string of the molecule is CC(C)c1nc(C(C)(N)CO)cs1. The largest absolute Gasteiger partial charge is 0.394 e. The molecule has 0 aliphatic rings. The Balaban J connectivity index is 2.91. The van der Waals surface area contributed by atoms with Crippen LogP contribution >= 0.6 is 11.3 Å². The second-order valence-electron chi connectivity index (χ2n) is 3.80. The van der Waals surface area contributed by atoms with Gasteiger partial charge in [0.25, 0.3) is 0 Å². The minimum absolute atomic E-state index is 0.0751. The predicted octanol–water partition coefficient (Wildman–Crippen LogP) is 1.43. The molecule has 0 fully saturated rings. The molecule has 3 N–H and O–H groups in total. The van der Waals surface area contributed by atoms with Gasteiger partial charge in [0.1, 0.15) is 0 Å². The van der Waals surface area contributed by atoms with Crippen molar-refractivity contribution in [2.75, 3.05) is 6.61 Å². The van der Waals surface area contributed by atoms with Crippen molar-refractivity contribution in [1.29, 1.82) is 0 Å². The number of aliphatic hydroxyl groups is 1. The minimum Gasteiger partial charge on any atom is -0.394 e. The van der Waals surface area contributed by atoms with Crippen LogP contribution in [-0.4, -0.2) is 16.7 Å². The zero-order valence-electron chi connectivity index (χ0n) is 8.24. The Morgan fingerprint density at radius 1 is 1.69 bits per heavy atom. The number of nitrogens with zero attached hydrogens (tertiary/aromatic N) is 1. The number of aromatic nitrogens is 1. The van der Waals surface area contributed by atoms with E-state index in [0.717, 1.165) is 10.7 Å². The lowest BCUT2D eigenvalue weighted by Gasteiger charge is -2.18. The molecule has 4 heteroatoms. The second-order valence-corrected chi connectivity index (χ2v) is 4.69. The van der Waals surface area contributed by atoms with Gasteiger partial charge in [0, 0.05) is 11.3 Å². The molecule has 1 heterocycles. The molecule has 1 atom stereocenters. The van der Waals surface area contributed by atoms with Gasteiger partial charge >= 0.3 is 0 Å². The normalized spacial score (nSPS) is 16.2. The van der Waals surface area contributed by atoms with E-state index in [0.29, 0.717) is 5.92 Å². The smallest absolute Gasteiger partial charge is 0.0954 e. The topological polar surface area (TPSA) is 59.1 Å². The Labute approximate surface area is 82.6 Å². The summed E-state index contributed by atoms with van der Waals surface area (Å²) in [5.41, 5.74) is 5.92. The van der Waals surface area contributed by atoms with Gasteiger partial charge in [0.2, 0.25) is 0 Å². The van der Waals surface area contributed by atoms with Crippen LogP contribution in [0.4, 0.5) is 0 Å². The quantitative estimate of drug-likeness (QED) is 0.776. The van der Waals surface area contributed by atoms with Crippen molar-refractivity contribution < 1.29 is 5.11 Å². The molecular formula is C9H16N2OS. The maximum Gasteiger partial charge on any atom is 0.0954 e. The molecule has 1 rings (SSSR count). The third-order valence-electron chi connectivity index (χ3n) is 1.93. The van der Waals surface area contributed by atoms with E-state index in [1.807, 2.05) is 5.38 Å². The summed E-state index contributed by atoms with van der Waals surface area (Å²) in [6.07, 6.45) is 0. The van der Waals surface area contributed by atoms with Crippen LogP contribution in [0.5, 0.6) is 0 Å². The molecule has 0 aliphatic carbocycles. The fraction of sp³-hybridized carbons (Fsp3) is 0.667. The van der Waals surface area contributed by atoms with Crippen molar-refractivity contribution in [3.63, 3.8) is 0 Å². The van der Waals surface area contributed by atoms with Crippen molar-refractivity contribution >= 4 is 11.3 Å². The molecule has 1 aromatic rings. The lowest BCUT2D eigenvalue weighted by Crippen LogP contribution is -2.37. The van der Waals surface area contributed by atoms with Gasteiger partial charge < -0.3 is 10.8 Å². The maximum atomic E-state index is 9.03. The van der Waals surface area contributed by atoms with Crippen LogP contribution in [-0.2, 0) is 5.54 Å². The lowest BCUT2D eigenvalue weighted by molar-refractivity contribution is 0.207. The van der Waals surface area contributed by atoms with Gasteiger partial charge in [-0.2, -0.15) is 0 Å². The fourth-order valence-electron chi connectivity index (χ4n) is 0.896. The third-order valence-corrected chi connectivity index (χ3v) is 3.07. The highest BCUT2D eigenvalue weighted by molar-refractivity contribution is 7.09. The average Bonchev–Trinajstić information content (AvgIpc) is 2.52. The molecule has 0 radical (unpaired) electrons. The first-order chi connectivity index (χ1) is 5.97. The molecular weight excluding hydrogens is 184 g/mol. The Hall–Kier alpha value is -0.450. The summed E-state index contributed by atoms with van der Waals surface area (Å²) in [5.74, 6) is 0.424.